The Morgan fingerprint density at radius 2 is 2.10 bits per heavy atom. The number of nitrogen functional groups attached to an aromatic ring is 1. The van der Waals surface area contributed by atoms with Crippen molar-refractivity contribution in [2.24, 2.45) is 5.92 Å². The fourth-order valence-corrected chi connectivity index (χ4v) is 3.40. The minimum Gasteiger partial charge on any atom is -0.399 e. The van der Waals surface area contributed by atoms with Gasteiger partial charge in [0, 0.05) is 12.2 Å². The second-order valence-corrected chi connectivity index (χ2v) is 5.88. The standard InChI is InChI=1S/C16H23N3O/c17-13-7-8-15-14(10-13)18-16(11-20)19(15)9-3-6-12-4-1-2-5-12/h7-8,10,12,20H,1-6,9,11,17H2. The summed E-state index contributed by atoms with van der Waals surface area (Å²) in [6.45, 7) is 0.921. The lowest BCUT2D eigenvalue weighted by Gasteiger charge is -2.11. The van der Waals surface area contributed by atoms with Gasteiger partial charge in [0.15, 0.2) is 0 Å². The molecule has 0 bridgehead atoms. The Morgan fingerprint density at radius 1 is 1.30 bits per heavy atom. The van der Waals surface area contributed by atoms with Crippen molar-refractivity contribution in [2.75, 3.05) is 5.73 Å². The van der Waals surface area contributed by atoms with Crippen LogP contribution in [-0.4, -0.2) is 14.7 Å². The molecule has 1 aliphatic carbocycles. The molecule has 1 aromatic heterocycles. The number of nitrogens with zero attached hydrogens (tertiary/aromatic N) is 2. The molecule has 0 aliphatic heterocycles. The number of aliphatic hydroxyl groups excluding tert-OH is 1. The highest BCUT2D eigenvalue weighted by Gasteiger charge is 2.15. The van der Waals surface area contributed by atoms with Crippen molar-refractivity contribution >= 4 is 16.7 Å². The normalized spacial score (nSPS) is 16.2. The molecule has 3 rings (SSSR count). The fourth-order valence-electron chi connectivity index (χ4n) is 3.40. The zero-order valence-corrected chi connectivity index (χ0v) is 11.9. The number of aryl methyl sites for hydroxylation is 1. The number of anilines is 1. The van der Waals surface area contributed by atoms with Gasteiger partial charge in [-0.05, 0) is 37.0 Å². The predicted octanol–water partition coefficient (Wildman–Crippen LogP) is 3.08. The van der Waals surface area contributed by atoms with E-state index in [1.165, 1.54) is 32.1 Å². The summed E-state index contributed by atoms with van der Waals surface area (Å²) in [5, 5.41) is 9.49. The van der Waals surface area contributed by atoms with Crippen LogP contribution in [0.3, 0.4) is 0 Å². The van der Waals surface area contributed by atoms with Crippen LogP contribution in [0, 0.1) is 5.92 Å². The fraction of sp³-hybridized carbons (Fsp3) is 0.562. The lowest BCUT2D eigenvalue weighted by molar-refractivity contribution is 0.265. The Hall–Kier alpha value is -1.55. The van der Waals surface area contributed by atoms with Crippen molar-refractivity contribution in [1.29, 1.82) is 0 Å². The van der Waals surface area contributed by atoms with Crippen LogP contribution in [0.2, 0.25) is 0 Å². The molecule has 0 radical (unpaired) electrons. The van der Waals surface area contributed by atoms with Crippen LogP contribution in [0.1, 0.15) is 44.3 Å². The molecule has 1 saturated carbocycles. The van der Waals surface area contributed by atoms with Gasteiger partial charge in [0.25, 0.3) is 0 Å². The van der Waals surface area contributed by atoms with Crippen molar-refractivity contribution in [3.05, 3.63) is 24.0 Å². The molecule has 0 unspecified atom stereocenters. The third-order valence-corrected chi connectivity index (χ3v) is 4.46. The molecule has 1 heterocycles. The molecule has 1 aromatic carbocycles. The molecule has 108 valence electrons. The molecule has 0 amide bonds. The molecular formula is C16H23N3O. The van der Waals surface area contributed by atoms with E-state index in [0.717, 1.165) is 41.4 Å². The van der Waals surface area contributed by atoms with Gasteiger partial charge in [-0.25, -0.2) is 4.98 Å². The number of hydrogen-bond acceptors (Lipinski definition) is 3. The second kappa shape index (κ2) is 5.83. The summed E-state index contributed by atoms with van der Waals surface area (Å²) in [6, 6.07) is 5.78. The zero-order chi connectivity index (χ0) is 13.9. The Kier molecular flexibility index (Phi) is 3.92. The lowest BCUT2D eigenvalue weighted by Crippen LogP contribution is -2.05. The summed E-state index contributed by atoms with van der Waals surface area (Å²) in [5.41, 5.74) is 8.48. The van der Waals surface area contributed by atoms with E-state index in [1.807, 2.05) is 18.2 Å². The number of aromatic nitrogens is 2. The molecule has 20 heavy (non-hydrogen) atoms. The molecule has 4 heteroatoms. The maximum Gasteiger partial charge on any atom is 0.135 e. The lowest BCUT2D eigenvalue weighted by atomic mass is 10.0. The Balaban J connectivity index is 1.75. The van der Waals surface area contributed by atoms with Crippen molar-refractivity contribution in [3.8, 4) is 0 Å². The summed E-state index contributed by atoms with van der Waals surface area (Å²) in [5.74, 6) is 1.66. The monoisotopic (exact) mass is 273 g/mol. The van der Waals surface area contributed by atoms with Gasteiger partial charge in [-0.3, -0.25) is 0 Å². The van der Waals surface area contributed by atoms with E-state index in [9.17, 15) is 5.11 Å². The summed E-state index contributed by atoms with van der Waals surface area (Å²) < 4.78 is 2.14. The molecule has 2 aromatic rings. The maximum atomic E-state index is 9.49. The van der Waals surface area contributed by atoms with E-state index in [-0.39, 0.29) is 6.61 Å². The average Bonchev–Trinajstić information content (AvgIpc) is 3.06. The summed E-state index contributed by atoms with van der Waals surface area (Å²) >= 11 is 0. The number of fused-ring (bicyclic) bond motifs is 1. The number of imidazole rings is 1. The van der Waals surface area contributed by atoms with Crippen LogP contribution in [-0.2, 0) is 13.2 Å². The van der Waals surface area contributed by atoms with Crippen LogP contribution >= 0.6 is 0 Å². The third kappa shape index (κ3) is 2.66. The first-order valence-electron chi connectivity index (χ1n) is 7.63. The number of benzene rings is 1. The zero-order valence-electron chi connectivity index (χ0n) is 11.9. The highest BCUT2D eigenvalue weighted by molar-refractivity contribution is 5.79. The van der Waals surface area contributed by atoms with Gasteiger partial charge >= 0.3 is 0 Å². The van der Waals surface area contributed by atoms with Gasteiger partial charge in [0.2, 0.25) is 0 Å². The van der Waals surface area contributed by atoms with Crippen LogP contribution in [0.25, 0.3) is 11.0 Å². The Morgan fingerprint density at radius 3 is 2.85 bits per heavy atom. The smallest absolute Gasteiger partial charge is 0.135 e. The van der Waals surface area contributed by atoms with Gasteiger partial charge in [-0.1, -0.05) is 25.7 Å². The molecule has 4 nitrogen and oxygen atoms in total. The number of rotatable bonds is 5. The molecular weight excluding hydrogens is 250 g/mol. The molecule has 3 N–H and O–H groups in total. The van der Waals surface area contributed by atoms with Gasteiger partial charge in [-0.15, -0.1) is 0 Å². The van der Waals surface area contributed by atoms with Crippen LogP contribution in [0.15, 0.2) is 18.2 Å². The molecule has 1 fully saturated rings. The van der Waals surface area contributed by atoms with Crippen LogP contribution in [0.5, 0.6) is 0 Å². The van der Waals surface area contributed by atoms with E-state index < -0.39 is 0 Å². The highest BCUT2D eigenvalue weighted by atomic mass is 16.3. The Labute approximate surface area is 119 Å². The number of nitrogens with two attached hydrogens (primary N) is 1. The number of aliphatic hydroxyl groups is 1. The van der Waals surface area contributed by atoms with Gasteiger partial charge < -0.3 is 15.4 Å². The molecule has 0 atom stereocenters. The van der Waals surface area contributed by atoms with Gasteiger partial charge in [0.05, 0.1) is 11.0 Å². The average molecular weight is 273 g/mol. The summed E-state index contributed by atoms with van der Waals surface area (Å²) in [7, 11) is 0. The first kappa shape index (κ1) is 13.4. The largest absolute Gasteiger partial charge is 0.399 e. The quantitative estimate of drug-likeness (QED) is 0.823. The third-order valence-electron chi connectivity index (χ3n) is 4.46. The van der Waals surface area contributed by atoms with E-state index >= 15 is 0 Å². The van der Waals surface area contributed by atoms with E-state index in [4.69, 9.17) is 5.73 Å². The van der Waals surface area contributed by atoms with Crippen LogP contribution < -0.4 is 5.73 Å². The minimum absolute atomic E-state index is 0.0159. The van der Waals surface area contributed by atoms with Crippen molar-refractivity contribution in [2.45, 2.75) is 51.7 Å². The Bertz CT molecular complexity index is 585. The predicted molar refractivity (Wildman–Crippen MR) is 81.3 cm³/mol. The SMILES string of the molecule is Nc1ccc2c(c1)nc(CO)n2CCCC1CCCC1. The van der Waals surface area contributed by atoms with E-state index in [1.54, 1.807) is 0 Å². The highest BCUT2D eigenvalue weighted by Crippen LogP contribution is 2.29. The first-order valence-corrected chi connectivity index (χ1v) is 7.63. The van der Waals surface area contributed by atoms with Gasteiger partial charge in [-0.2, -0.15) is 0 Å². The van der Waals surface area contributed by atoms with E-state index in [2.05, 4.69) is 9.55 Å². The van der Waals surface area contributed by atoms with Gasteiger partial charge in [0.1, 0.15) is 12.4 Å². The molecule has 1 aliphatic rings. The van der Waals surface area contributed by atoms with Crippen molar-refractivity contribution in [3.63, 3.8) is 0 Å². The summed E-state index contributed by atoms with van der Waals surface area (Å²) in [4.78, 5) is 4.48. The summed E-state index contributed by atoms with van der Waals surface area (Å²) in [6.07, 6.45) is 8.05. The molecule has 0 spiro atoms. The van der Waals surface area contributed by atoms with Crippen LogP contribution in [0.4, 0.5) is 5.69 Å². The van der Waals surface area contributed by atoms with Crippen molar-refractivity contribution in [1.82, 2.24) is 9.55 Å². The second-order valence-electron chi connectivity index (χ2n) is 5.88. The topological polar surface area (TPSA) is 64.1 Å². The maximum absolute atomic E-state index is 9.49. The van der Waals surface area contributed by atoms with Crippen molar-refractivity contribution < 1.29 is 5.11 Å². The first-order chi connectivity index (χ1) is 9.78. The minimum atomic E-state index is -0.0159. The van der Waals surface area contributed by atoms with E-state index in [0.29, 0.717) is 0 Å². The number of hydrogen-bond donors (Lipinski definition) is 2. The molecule has 0 saturated heterocycles.